The summed E-state index contributed by atoms with van der Waals surface area (Å²) in [4.78, 5) is 43.1. The molecule has 0 radical (unpaired) electrons. The fourth-order valence-corrected chi connectivity index (χ4v) is 3.33. The van der Waals surface area contributed by atoms with Crippen molar-refractivity contribution in [1.29, 1.82) is 0 Å². The van der Waals surface area contributed by atoms with Crippen molar-refractivity contribution in [3.63, 3.8) is 0 Å². The van der Waals surface area contributed by atoms with Gasteiger partial charge in [-0.1, -0.05) is 0 Å². The van der Waals surface area contributed by atoms with Gasteiger partial charge >= 0.3 is 5.69 Å². The highest BCUT2D eigenvalue weighted by Gasteiger charge is 2.16. The Morgan fingerprint density at radius 1 is 1.22 bits per heavy atom. The maximum atomic E-state index is 12.4. The Morgan fingerprint density at radius 2 is 1.87 bits per heavy atom. The zero-order valence-corrected chi connectivity index (χ0v) is 14.5. The number of nitrogens with zero attached hydrogens (tertiary/aromatic N) is 4. The molecule has 2 heterocycles. The van der Waals surface area contributed by atoms with E-state index in [0.29, 0.717) is 29.0 Å². The second-order valence-corrected chi connectivity index (χ2v) is 6.09. The minimum absolute atomic E-state index is 0.0200. The largest absolute Gasteiger partial charge is 0.343 e. The summed E-state index contributed by atoms with van der Waals surface area (Å²) in [7, 11) is 3.01. The van der Waals surface area contributed by atoms with Gasteiger partial charge in [0, 0.05) is 38.3 Å². The number of pyridine rings is 1. The molecular formula is C15H20N4O3S. The Morgan fingerprint density at radius 3 is 2.48 bits per heavy atom. The molecule has 0 aromatic carbocycles. The Labute approximate surface area is 137 Å². The van der Waals surface area contributed by atoms with Gasteiger partial charge in [0.2, 0.25) is 5.91 Å². The average molecular weight is 336 g/mol. The predicted octanol–water partition coefficient (Wildman–Crippen LogP) is 0.593. The van der Waals surface area contributed by atoms with Crippen LogP contribution < -0.4 is 11.2 Å². The first-order chi connectivity index (χ1) is 10.9. The summed E-state index contributed by atoms with van der Waals surface area (Å²) < 4.78 is 2.40. The van der Waals surface area contributed by atoms with Crippen molar-refractivity contribution in [1.82, 2.24) is 19.0 Å². The van der Waals surface area contributed by atoms with E-state index in [1.54, 1.807) is 24.2 Å². The summed E-state index contributed by atoms with van der Waals surface area (Å²) >= 11 is 1.29. The average Bonchev–Trinajstić information content (AvgIpc) is 2.56. The standard InChI is InChI=1S/C15H20N4O3S/c1-5-19(6-2)11(20)9-23-10-7-8-16-13-12(10)14(21)18(4)15(22)17(13)3/h7-8H,5-6,9H2,1-4H3. The van der Waals surface area contributed by atoms with E-state index in [-0.39, 0.29) is 11.7 Å². The van der Waals surface area contributed by atoms with E-state index >= 15 is 0 Å². The van der Waals surface area contributed by atoms with Crippen LogP contribution in [0.2, 0.25) is 0 Å². The number of fused-ring (bicyclic) bond motifs is 1. The zero-order chi connectivity index (χ0) is 17.1. The molecule has 2 rings (SSSR count). The number of carbonyl (C=O) groups is 1. The first-order valence-electron chi connectivity index (χ1n) is 7.37. The highest BCUT2D eigenvalue weighted by Crippen LogP contribution is 2.23. The topological polar surface area (TPSA) is 77.2 Å². The minimum Gasteiger partial charge on any atom is -0.343 e. The van der Waals surface area contributed by atoms with E-state index < -0.39 is 11.2 Å². The summed E-state index contributed by atoms with van der Waals surface area (Å²) in [5, 5.41) is 0.370. The first kappa shape index (κ1) is 17.3. The molecule has 7 nitrogen and oxygen atoms in total. The fraction of sp³-hybridized carbons (Fsp3) is 0.467. The molecule has 8 heteroatoms. The van der Waals surface area contributed by atoms with E-state index in [9.17, 15) is 14.4 Å². The molecular weight excluding hydrogens is 316 g/mol. The molecule has 0 fully saturated rings. The van der Waals surface area contributed by atoms with E-state index in [0.717, 1.165) is 4.57 Å². The number of hydrogen-bond acceptors (Lipinski definition) is 5. The van der Waals surface area contributed by atoms with Crippen molar-refractivity contribution in [2.45, 2.75) is 18.7 Å². The number of hydrogen-bond donors (Lipinski definition) is 0. The van der Waals surface area contributed by atoms with Gasteiger partial charge in [-0.3, -0.25) is 18.7 Å². The van der Waals surface area contributed by atoms with Gasteiger partial charge in [-0.25, -0.2) is 9.78 Å². The molecule has 0 N–H and O–H groups in total. The van der Waals surface area contributed by atoms with Crippen LogP contribution in [-0.4, -0.2) is 43.8 Å². The van der Waals surface area contributed by atoms with E-state index in [2.05, 4.69) is 4.98 Å². The van der Waals surface area contributed by atoms with Crippen LogP contribution in [0.1, 0.15) is 13.8 Å². The van der Waals surface area contributed by atoms with E-state index in [4.69, 9.17) is 0 Å². The molecule has 2 aromatic heterocycles. The van der Waals surface area contributed by atoms with Gasteiger partial charge in [-0.15, -0.1) is 11.8 Å². The van der Waals surface area contributed by atoms with Crippen LogP contribution in [0.4, 0.5) is 0 Å². The number of carbonyl (C=O) groups excluding carboxylic acids is 1. The van der Waals surface area contributed by atoms with Gasteiger partial charge in [-0.05, 0) is 19.9 Å². The second kappa shape index (κ2) is 6.99. The van der Waals surface area contributed by atoms with E-state index in [1.807, 2.05) is 13.8 Å². The maximum Gasteiger partial charge on any atom is 0.332 e. The molecule has 0 atom stereocenters. The van der Waals surface area contributed by atoms with E-state index in [1.165, 1.54) is 23.4 Å². The molecule has 124 valence electrons. The second-order valence-electron chi connectivity index (χ2n) is 5.07. The fourth-order valence-electron chi connectivity index (χ4n) is 2.39. The lowest BCUT2D eigenvalue weighted by Gasteiger charge is -2.18. The highest BCUT2D eigenvalue weighted by atomic mass is 32.2. The Bertz CT molecular complexity index is 852. The van der Waals surface area contributed by atoms with Crippen molar-refractivity contribution in [3.8, 4) is 0 Å². The molecule has 0 unspecified atom stereocenters. The summed E-state index contributed by atoms with van der Waals surface area (Å²) in [5.41, 5.74) is -0.483. The van der Waals surface area contributed by atoms with Crippen LogP contribution in [0.25, 0.3) is 11.0 Å². The minimum atomic E-state index is -0.420. The van der Waals surface area contributed by atoms with Crippen molar-refractivity contribution in [2.75, 3.05) is 18.8 Å². The number of aryl methyl sites for hydroxylation is 1. The van der Waals surface area contributed by atoms with Gasteiger partial charge in [0.25, 0.3) is 5.56 Å². The smallest absolute Gasteiger partial charge is 0.332 e. The molecule has 0 aliphatic rings. The Balaban J connectivity index is 2.45. The Kier molecular flexibility index (Phi) is 5.25. The molecule has 0 saturated carbocycles. The zero-order valence-electron chi connectivity index (χ0n) is 13.7. The summed E-state index contributed by atoms with van der Waals surface area (Å²) in [6, 6.07) is 1.70. The van der Waals surface area contributed by atoms with Crippen LogP contribution in [0.15, 0.2) is 26.7 Å². The number of aromatic nitrogens is 3. The number of amides is 1. The highest BCUT2D eigenvalue weighted by molar-refractivity contribution is 8.00. The van der Waals surface area contributed by atoms with Crippen LogP contribution in [0, 0.1) is 0 Å². The van der Waals surface area contributed by atoms with Crippen molar-refractivity contribution >= 4 is 28.7 Å². The molecule has 0 aliphatic carbocycles. The molecule has 0 aliphatic heterocycles. The Hall–Kier alpha value is -2.09. The maximum absolute atomic E-state index is 12.4. The quantitative estimate of drug-likeness (QED) is 0.747. The van der Waals surface area contributed by atoms with Gasteiger partial charge < -0.3 is 4.90 Å². The van der Waals surface area contributed by atoms with Crippen molar-refractivity contribution < 1.29 is 4.79 Å². The third-order valence-electron chi connectivity index (χ3n) is 3.77. The molecule has 0 bridgehead atoms. The lowest BCUT2D eigenvalue weighted by molar-refractivity contribution is -0.127. The summed E-state index contributed by atoms with van der Waals surface area (Å²) in [6.45, 7) is 5.17. The monoisotopic (exact) mass is 336 g/mol. The normalized spacial score (nSPS) is 11.0. The third-order valence-corrected chi connectivity index (χ3v) is 4.81. The van der Waals surface area contributed by atoms with Gasteiger partial charge in [-0.2, -0.15) is 0 Å². The van der Waals surface area contributed by atoms with Crippen LogP contribution >= 0.6 is 11.8 Å². The predicted molar refractivity (Wildman–Crippen MR) is 90.9 cm³/mol. The molecule has 0 spiro atoms. The first-order valence-corrected chi connectivity index (χ1v) is 8.36. The number of rotatable bonds is 5. The lowest BCUT2D eigenvalue weighted by atomic mass is 10.3. The summed E-state index contributed by atoms with van der Waals surface area (Å²) in [5.74, 6) is 0.263. The van der Waals surface area contributed by atoms with Crippen molar-refractivity contribution in [2.24, 2.45) is 14.1 Å². The van der Waals surface area contributed by atoms with Crippen LogP contribution in [-0.2, 0) is 18.9 Å². The molecule has 2 aromatic rings. The van der Waals surface area contributed by atoms with Crippen LogP contribution in [0.5, 0.6) is 0 Å². The van der Waals surface area contributed by atoms with Crippen molar-refractivity contribution in [3.05, 3.63) is 33.1 Å². The molecule has 1 amide bonds. The van der Waals surface area contributed by atoms with Gasteiger partial charge in [0.1, 0.15) is 5.65 Å². The van der Waals surface area contributed by atoms with Gasteiger partial charge in [0.05, 0.1) is 11.1 Å². The summed E-state index contributed by atoms with van der Waals surface area (Å²) in [6.07, 6.45) is 1.55. The molecule has 23 heavy (non-hydrogen) atoms. The third kappa shape index (κ3) is 3.17. The number of thioether (sulfide) groups is 1. The lowest BCUT2D eigenvalue weighted by Crippen LogP contribution is -2.37. The molecule has 0 saturated heterocycles. The van der Waals surface area contributed by atoms with Crippen LogP contribution in [0.3, 0.4) is 0 Å². The SMILES string of the molecule is CCN(CC)C(=O)CSc1ccnc2c1c(=O)n(C)c(=O)n2C. The van der Waals surface area contributed by atoms with Gasteiger partial charge in [0.15, 0.2) is 0 Å².